The summed E-state index contributed by atoms with van der Waals surface area (Å²) in [6.07, 6.45) is 1.28. The van der Waals surface area contributed by atoms with Crippen LogP contribution in [0.15, 0.2) is 12.7 Å². The minimum atomic E-state index is -4.00. The Balaban J connectivity index is 0. The fraction of sp³-hybridized carbons (Fsp3) is 0.714. The first kappa shape index (κ1) is 16.9. The quantitative estimate of drug-likeness (QED) is 0.347. The normalized spacial score (nSPS) is 10.3. The Morgan fingerprint density at radius 1 is 1.53 bits per heavy atom. The third kappa shape index (κ3) is 16.2. The Morgan fingerprint density at radius 3 is 2.40 bits per heavy atom. The summed E-state index contributed by atoms with van der Waals surface area (Å²) >= 11 is 0. The zero-order chi connectivity index (χ0) is 12.2. The lowest BCUT2D eigenvalue weighted by atomic mass is 10.7. The molecule has 0 atom stereocenters. The highest BCUT2D eigenvalue weighted by Gasteiger charge is 2.10. The molecule has 8 heteroatoms. The summed E-state index contributed by atoms with van der Waals surface area (Å²) in [7, 11) is -4.00. The van der Waals surface area contributed by atoms with Crippen LogP contribution in [0, 0.1) is 0 Å². The van der Waals surface area contributed by atoms with Gasteiger partial charge in [-0.2, -0.15) is 8.42 Å². The molecule has 0 spiro atoms. The molecule has 0 aliphatic carbocycles. The maximum atomic E-state index is 10.5. The standard InChI is InChI=1S/C5H10O5S.C2H7NO/c1-3-5-9-11(6,7)10-8-4-2;3-1-2-4/h3H,1,4-5H2,2H3;4H,1-3H2. The summed E-state index contributed by atoms with van der Waals surface area (Å²) in [6.45, 7) is 5.32. The molecule has 3 N–H and O–H groups in total. The van der Waals surface area contributed by atoms with Crippen LogP contribution in [0.3, 0.4) is 0 Å². The van der Waals surface area contributed by atoms with Gasteiger partial charge in [0.1, 0.15) is 0 Å². The molecule has 0 aromatic carbocycles. The Hall–Kier alpha value is -0.510. The van der Waals surface area contributed by atoms with Crippen molar-refractivity contribution in [2.45, 2.75) is 6.92 Å². The van der Waals surface area contributed by atoms with Crippen LogP contribution in [0.1, 0.15) is 6.92 Å². The third-order valence-electron chi connectivity index (χ3n) is 0.709. The van der Waals surface area contributed by atoms with Crippen LogP contribution in [0.25, 0.3) is 0 Å². The molecule has 0 saturated carbocycles. The van der Waals surface area contributed by atoms with E-state index in [1.807, 2.05) is 0 Å². The van der Waals surface area contributed by atoms with Gasteiger partial charge in [0.2, 0.25) is 0 Å². The van der Waals surface area contributed by atoms with Crippen molar-refractivity contribution in [1.29, 1.82) is 0 Å². The highest BCUT2D eigenvalue weighted by atomic mass is 32.3. The zero-order valence-corrected chi connectivity index (χ0v) is 9.40. The van der Waals surface area contributed by atoms with E-state index in [1.54, 1.807) is 6.92 Å². The van der Waals surface area contributed by atoms with Crippen molar-refractivity contribution < 1.29 is 26.9 Å². The maximum absolute atomic E-state index is 10.5. The van der Waals surface area contributed by atoms with Crippen molar-refractivity contribution in [3.05, 3.63) is 12.7 Å². The number of aliphatic hydroxyl groups excluding tert-OH is 1. The monoisotopic (exact) mass is 243 g/mol. The molecule has 0 unspecified atom stereocenters. The van der Waals surface area contributed by atoms with E-state index in [1.165, 1.54) is 6.08 Å². The molecule has 0 aromatic heterocycles. The number of nitrogens with two attached hydrogens (primary N) is 1. The van der Waals surface area contributed by atoms with E-state index < -0.39 is 10.4 Å². The number of rotatable bonds is 7. The number of hydrogen-bond acceptors (Lipinski definition) is 7. The summed E-state index contributed by atoms with van der Waals surface area (Å²) < 4.78 is 29.1. The SMILES string of the molecule is C=CCOS(=O)(=O)OOCC.NCCO. The highest BCUT2D eigenvalue weighted by molar-refractivity contribution is 7.81. The Bertz CT molecular complexity index is 226. The molecule has 0 saturated heterocycles. The first-order chi connectivity index (χ1) is 7.04. The molecule has 0 aliphatic heterocycles. The molecular formula is C7H17NO6S. The van der Waals surface area contributed by atoms with Crippen LogP contribution < -0.4 is 5.73 Å². The molecule has 0 aromatic rings. The summed E-state index contributed by atoms with van der Waals surface area (Å²) in [5, 5.41) is 7.75. The van der Waals surface area contributed by atoms with Crippen LogP contribution in [0.5, 0.6) is 0 Å². The molecule has 0 rings (SSSR count). The zero-order valence-electron chi connectivity index (χ0n) is 8.59. The largest absolute Gasteiger partial charge is 0.426 e. The first-order valence-electron chi connectivity index (χ1n) is 4.16. The molecule has 7 nitrogen and oxygen atoms in total. The molecule has 0 bridgehead atoms. The van der Waals surface area contributed by atoms with Crippen molar-refractivity contribution >= 4 is 10.4 Å². The van der Waals surface area contributed by atoms with E-state index >= 15 is 0 Å². The van der Waals surface area contributed by atoms with Gasteiger partial charge in [-0.25, -0.2) is 9.07 Å². The van der Waals surface area contributed by atoms with Gasteiger partial charge in [-0.05, 0) is 6.92 Å². The molecule has 0 fully saturated rings. The fourth-order valence-electron chi connectivity index (χ4n) is 0.258. The molecule has 0 heterocycles. The van der Waals surface area contributed by atoms with Gasteiger partial charge in [0, 0.05) is 6.54 Å². The first-order valence-corrected chi connectivity index (χ1v) is 5.49. The lowest BCUT2D eigenvalue weighted by Gasteiger charge is -2.00. The molecule has 0 aliphatic rings. The van der Waals surface area contributed by atoms with E-state index in [2.05, 4.69) is 20.0 Å². The average molecular weight is 243 g/mol. The van der Waals surface area contributed by atoms with Crippen molar-refractivity contribution in [2.24, 2.45) is 5.73 Å². The second kappa shape index (κ2) is 11.6. The van der Waals surface area contributed by atoms with Gasteiger partial charge in [0.05, 0.1) is 19.8 Å². The van der Waals surface area contributed by atoms with Crippen LogP contribution >= 0.6 is 0 Å². The Kier molecular flexibility index (Phi) is 13.0. The molecule has 0 amide bonds. The summed E-state index contributed by atoms with van der Waals surface area (Å²) in [6, 6.07) is 0. The summed E-state index contributed by atoms with van der Waals surface area (Å²) in [4.78, 5) is 4.15. The van der Waals surface area contributed by atoms with Crippen molar-refractivity contribution in [1.82, 2.24) is 0 Å². The molecule has 15 heavy (non-hydrogen) atoms. The van der Waals surface area contributed by atoms with Crippen LogP contribution in [-0.2, 0) is 23.8 Å². The molecular weight excluding hydrogens is 226 g/mol. The van der Waals surface area contributed by atoms with Gasteiger partial charge in [0.15, 0.2) is 0 Å². The van der Waals surface area contributed by atoms with Crippen molar-refractivity contribution in [3.63, 3.8) is 0 Å². The topological polar surface area (TPSA) is 108 Å². The summed E-state index contributed by atoms with van der Waals surface area (Å²) in [5.74, 6) is 0. The summed E-state index contributed by atoms with van der Waals surface area (Å²) in [5.41, 5.74) is 4.78. The average Bonchev–Trinajstić information content (AvgIpc) is 2.24. The van der Waals surface area contributed by atoms with Gasteiger partial charge in [-0.1, -0.05) is 10.4 Å². The molecule has 0 radical (unpaired) electrons. The van der Waals surface area contributed by atoms with Crippen molar-refractivity contribution in [3.8, 4) is 0 Å². The minimum Gasteiger partial charge on any atom is -0.395 e. The third-order valence-corrected chi connectivity index (χ3v) is 1.40. The smallest absolute Gasteiger partial charge is 0.395 e. The second-order valence-electron chi connectivity index (χ2n) is 1.97. The molecule has 92 valence electrons. The Labute approximate surface area is 89.7 Å². The van der Waals surface area contributed by atoms with Gasteiger partial charge in [0.25, 0.3) is 0 Å². The van der Waals surface area contributed by atoms with Gasteiger partial charge >= 0.3 is 10.4 Å². The second-order valence-corrected chi connectivity index (χ2v) is 3.16. The van der Waals surface area contributed by atoms with E-state index in [0.29, 0.717) is 6.54 Å². The number of hydrogen-bond donors (Lipinski definition) is 2. The predicted octanol–water partition coefficient (Wildman–Crippen LogP) is -0.661. The van der Waals surface area contributed by atoms with Gasteiger partial charge in [-0.15, -0.1) is 6.58 Å². The van der Waals surface area contributed by atoms with E-state index in [-0.39, 0.29) is 19.8 Å². The van der Waals surface area contributed by atoms with E-state index in [4.69, 9.17) is 10.8 Å². The highest BCUT2D eigenvalue weighted by Crippen LogP contribution is 1.95. The maximum Gasteiger partial charge on any atom is 0.426 e. The van der Waals surface area contributed by atoms with Crippen molar-refractivity contribution in [2.75, 3.05) is 26.4 Å². The number of aliphatic hydroxyl groups is 1. The van der Waals surface area contributed by atoms with E-state index in [0.717, 1.165) is 0 Å². The van der Waals surface area contributed by atoms with Crippen LogP contribution in [0.4, 0.5) is 0 Å². The Morgan fingerprint density at radius 2 is 2.07 bits per heavy atom. The van der Waals surface area contributed by atoms with Crippen LogP contribution in [-0.4, -0.2) is 39.9 Å². The fourth-order valence-corrected chi connectivity index (χ4v) is 0.774. The lowest BCUT2D eigenvalue weighted by molar-refractivity contribution is -0.204. The van der Waals surface area contributed by atoms with Crippen LogP contribution in [0.2, 0.25) is 0 Å². The van der Waals surface area contributed by atoms with Gasteiger partial charge < -0.3 is 10.8 Å². The minimum absolute atomic E-state index is 0.0972. The van der Waals surface area contributed by atoms with E-state index in [9.17, 15) is 8.42 Å². The predicted molar refractivity (Wildman–Crippen MR) is 53.9 cm³/mol. The van der Waals surface area contributed by atoms with Gasteiger partial charge in [-0.3, -0.25) is 0 Å². The lowest BCUT2D eigenvalue weighted by Crippen LogP contribution is -2.10.